The highest BCUT2D eigenvalue weighted by atomic mass is 32.2. The topological polar surface area (TPSA) is 41.1 Å². The predicted octanol–water partition coefficient (Wildman–Crippen LogP) is 2.53. The van der Waals surface area contributed by atoms with E-state index in [2.05, 4.69) is 10.6 Å². The van der Waals surface area contributed by atoms with Gasteiger partial charge in [0, 0.05) is 17.4 Å². The van der Waals surface area contributed by atoms with Crippen LogP contribution in [0.5, 0.6) is 0 Å². The zero-order valence-electron chi connectivity index (χ0n) is 10.7. The van der Waals surface area contributed by atoms with E-state index in [1.807, 2.05) is 0 Å². The number of anilines is 1. The van der Waals surface area contributed by atoms with Crippen LogP contribution in [0.3, 0.4) is 0 Å². The van der Waals surface area contributed by atoms with Gasteiger partial charge in [-0.15, -0.1) is 11.8 Å². The molecule has 0 bridgehead atoms. The molecule has 0 radical (unpaired) electrons. The van der Waals surface area contributed by atoms with Crippen LogP contribution in [0.15, 0.2) is 12.1 Å². The average Bonchev–Trinajstić information content (AvgIpc) is 2.44. The van der Waals surface area contributed by atoms with Gasteiger partial charge in [0.25, 0.3) is 0 Å². The maximum atomic E-state index is 13.3. The molecule has 1 heterocycles. The molecule has 110 valence electrons. The highest BCUT2D eigenvalue weighted by Gasteiger charge is 2.16. The summed E-state index contributed by atoms with van der Waals surface area (Å²) in [4.78, 5) is 11.7. The van der Waals surface area contributed by atoms with E-state index in [1.54, 1.807) is 0 Å². The molecule has 1 amide bonds. The third-order valence-electron chi connectivity index (χ3n) is 3.02. The van der Waals surface area contributed by atoms with Crippen molar-refractivity contribution in [3.05, 3.63) is 29.6 Å². The lowest BCUT2D eigenvalue weighted by atomic mass is 10.2. The Hall–Kier alpha value is -1.21. The number of carbonyl (C=O) groups excluding carboxylic acids is 1. The molecule has 1 aliphatic heterocycles. The van der Waals surface area contributed by atoms with Gasteiger partial charge < -0.3 is 10.6 Å². The molecule has 0 saturated carbocycles. The molecule has 2 rings (SSSR count). The number of hydrogen-bond donors (Lipinski definition) is 2. The Labute approximate surface area is 119 Å². The molecule has 20 heavy (non-hydrogen) atoms. The Morgan fingerprint density at radius 1 is 1.20 bits per heavy atom. The standard InChI is InChI=1S/C13H15F3N2OS/c14-9-5-11(16)12(6-10(9)15)18-13(19)7-20-8-1-3-17-4-2-8/h5-6,8,17H,1-4,7H2,(H,18,19). The molecule has 0 aromatic heterocycles. The van der Waals surface area contributed by atoms with Crippen LogP contribution >= 0.6 is 11.8 Å². The molecule has 1 saturated heterocycles. The van der Waals surface area contributed by atoms with Crippen LogP contribution in [0, 0.1) is 17.5 Å². The number of thioether (sulfide) groups is 1. The first-order valence-electron chi connectivity index (χ1n) is 6.33. The molecule has 0 aliphatic carbocycles. The lowest BCUT2D eigenvalue weighted by molar-refractivity contribution is -0.113. The molecule has 3 nitrogen and oxygen atoms in total. The second-order valence-electron chi connectivity index (χ2n) is 4.55. The first-order chi connectivity index (χ1) is 9.56. The Morgan fingerprint density at radius 2 is 1.85 bits per heavy atom. The monoisotopic (exact) mass is 304 g/mol. The van der Waals surface area contributed by atoms with Crippen LogP contribution in [0.1, 0.15) is 12.8 Å². The fraction of sp³-hybridized carbons (Fsp3) is 0.462. The summed E-state index contributed by atoms with van der Waals surface area (Å²) < 4.78 is 39.1. The molecule has 0 atom stereocenters. The van der Waals surface area contributed by atoms with Gasteiger partial charge in [0.05, 0.1) is 11.4 Å². The molecular formula is C13H15F3N2OS. The number of amides is 1. The van der Waals surface area contributed by atoms with Crippen molar-refractivity contribution in [3.63, 3.8) is 0 Å². The third kappa shape index (κ3) is 4.14. The highest BCUT2D eigenvalue weighted by Crippen LogP contribution is 2.22. The number of nitrogens with one attached hydrogen (secondary N) is 2. The van der Waals surface area contributed by atoms with Gasteiger partial charge in [-0.25, -0.2) is 13.2 Å². The Balaban J connectivity index is 1.86. The van der Waals surface area contributed by atoms with Gasteiger partial charge >= 0.3 is 0 Å². The van der Waals surface area contributed by atoms with Crippen molar-refractivity contribution in [3.8, 4) is 0 Å². The molecule has 1 fully saturated rings. The van der Waals surface area contributed by atoms with E-state index in [0.717, 1.165) is 25.9 Å². The van der Waals surface area contributed by atoms with Crippen molar-refractivity contribution >= 4 is 23.4 Å². The van der Waals surface area contributed by atoms with Crippen LogP contribution in [-0.2, 0) is 4.79 Å². The van der Waals surface area contributed by atoms with E-state index >= 15 is 0 Å². The SMILES string of the molecule is O=C(CSC1CCNCC1)Nc1cc(F)c(F)cc1F. The van der Waals surface area contributed by atoms with Crippen LogP contribution in [-0.4, -0.2) is 30.0 Å². The Bertz CT molecular complexity index is 493. The fourth-order valence-corrected chi connectivity index (χ4v) is 2.99. The summed E-state index contributed by atoms with van der Waals surface area (Å²) in [6.07, 6.45) is 1.97. The molecule has 1 aromatic rings. The zero-order valence-corrected chi connectivity index (χ0v) is 11.5. The number of rotatable bonds is 4. The molecular weight excluding hydrogens is 289 g/mol. The van der Waals surface area contributed by atoms with E-state index in [-0.39, 0.29) is 11.4 Å². The van der Waals surface area contributed by atoms with Crippen molar-refractivity contribution in [2.45, 2.75) is 18.1 Å². The quantitative estimate of drug-likeness (QED) is 0.840. The van der Waals surface area contributed by atoms with Crippen molar-refractivity contribution in [1.29, 1.82) is 0 Å². The van der Waals surface area contributed by atoms with Gasteiger partial charge in [-0.1, -0.05) is 0 Å². The number of carbonyl (C=O) groups is 1. The summed E-state index contributed by atoms with van der Waals surface area (Å²) in [7, 11) is 0. The molecule has 0 spiro atoms. The summed E-state index contributed by atoms with van der Waals surface area (Å²) in [5.74, 6) is -3.69. The van der Waals surface area contributed by atoms with Crippen LogP contribution in [0.2, 0.25) is 0 Å². The van der Waals surface area contributed by atoms with Crippen LogP contribution in [0.25, 0.3) is 0 Å². The normalized spacial score (nSPS) is 16.1. The van der Waals surface area contributed by atoms with Gasteiger partial charge in [-0.2, -0.15) is 0 Å². The highest BCUT2D eigenvalue weighted by molar-refractivity contribution is 8.00. The van der Waals surface area contributed by atoms with Crippen molar-refractivity contribution in [1.82, 2.24) is 5.32 Å². The second kappa shape index (κ2) is 6.99. The lowest BCUT2D eigenvalue weighted by Gasteiger charge is -2.21. The van der Waals surface area contributed by atoms with Crippen LogP contribution < -0.4 is 10.6 Å². The first-order valence-corrected chi connectivity index (χ1v) is 7.38. The van der Waals surface area contributed by atoms with E-state index in [4.69, 9.17) is 0 Å². The minimum Gasteiger partial charge on any atom is -0.323 e. The maximum absolute atomic E-state index is 13.3. The van der Waals surface area contributed by atoms with E-state index in [0.29, 0.717) is 17.4 Å². The molecule has 0 unspecified atom stereocenters. The minimum atomic E-state index is -1.27. The van der Waals surface area contributed by atoms with E-state index < -0.39 is 23.4 Å². The molecule has 1 aromatic carbocycles. The fourth-order valence-electron chi connectivity index (χ4n) is 1.96. The number of piperidine rings is 1. The van der Waals surface area contributed by atoms with Gasteiger partial charge in [-0.3, -0.25) is 4.79 Å². The predicted molar refractivity (Wildman–Crippen MR) is 73.3 cm³/mol. The van der Waals surface area contributed by atoms with Gasteiger partial charge in [0.15, 0.2) is 11.6 Å². The third-order valence-corrected chi connectivity index (χ3v) is 4.39. The Kier molecular flexibility index (Phi) is 5.31. The summed E-state index contributed by atoms with van der Waals surface area (Å²) >= 11 is 1.50. The smallest absolute Gasteiger partial charge is 0.234 e. The van der Waals surface area contributed by atoms with Gasteiger partial charge in [0.2, 0.25) is 5.91 Å². The number of benzene rings is 1. The molecule has 1 aliphatic rings. The average molecular weight is 304 g/mol. The summed E-state index contributed by atoms with van der Waals surface area (Å²) in [5, 5.41) is 5.88. The van der Waals surface area contributed by atoms with Crippen molar-refractivity contribution < 1.29 is 18.0 Å². The lowest BCUT2D eigenvalue weighted by Crippen LogP contribution is -2.30. The van der Waals surface area contributed by atoms with E-state index in [9.17, 15) is 18.0 Å². The van der Waals surface area contributed by atoms with Gasteiger partial charge in [0.1, 0.15) is 5.82 Å². The number of halogens is 3. The van der Waals surface area contributed by atoms with Crippen molar-refractivity contribution in [2.24, 2.45) is 0 Å². The van der Waals surface area contributed by atoms with Gasteiger partial charge in [-0.05, 0) is 25.9 Å². The Morgan fingerprint density at radius 3 is 2.55 bits per heavy atom. The summed E-state index contributed by atoms with van der Waals surface area (Å²) in [6.45, 7) is 1.86. The van der Waals surface area contributed by atoms with Crippen LogP contribution in [0.4, 0.5) is 18.9 Å². The van der Waals surface area contributed by atoms with Crippen molar-refractivity contribution in [2.75, 3.05) is 24.2 Å². The second-order valence-corrected chi connectivity index (χ2v) is 5.84. The first kappa shape index (κ1) is 15.2. The minimum absolute atomic E-state index is 0.170. The largest absolute Gasteiger partial charge is 0.323 e. The summed E-state index contributed by atoms with van der Waals surface area (Å²) in [6, 6.07) is 1.07. The zero-order chi connectivity index (χ0) is 14.5. The maximum Gasteiger partial charge on any atom is 0.234 e. The molecule has 2 N–H and O–H groups in total. The number of hydrogen-bond acceptors (Lipinski definition) is 3. The molecule has 7 heteroatoms. The summed E-state index contributed by atoms with van der Waals surface area (Å²) in [5.41, 5.74) is -0.334. The van der Waals surface area contributed by atoms with E-state index in [1.165, 1.54) is 11.8 Å².